The molecule has 152 valence electrons. The second kappa shape index (κ2) is 6.26. The average Bonchev–Trinajstić information content (AvgIpc) is 3.43. The van der Waals surface area contributed by atoms with E-state index in [1.807, 2.05) is 16.9 Å². The zero-order valence-corrected chi connectivity index (χ0v) is 17.1. The van der Waals surface area contributed by atoms with Crippen LogP contribution < -0.4 is 4.90 Å². The number of anilines is 1. The number of fused-ring (bicyclic) bond motifs is 1. The van der Waals surface area contributed by atoms with E-state index in [2.05, 4.69) is 51.2 Å². The van der Waals surface area contributed by atoms with E-state index in [9.17, 15) is 5.26 Å². The fourth-order valence-electron chi connectivity index (χ4n) is 5.26. The van der Waals surface area contributed by atoms with Crippen molar-refractivity contribution in [2.45, 2.75) is 44.1 Å². The number of morpholine rings is 1. The van der Waals surface area contributed by atoms with Crippen LogP contribution in [0.2, 0.25) is 0 Å². The van der Waals surface area contributed by atoms with Crippen molar-refractivity contribution in [1.82, 2.24) is 19.7 Å². The Bertz CT molecular complexity index is 1170. The highest BCUT2D eigenvalue weighted by molar-refractivity contribution is 5.81. The summed E-state index contributed by atoms with van der Waals surface area (Å²) in [6.07, 6.45) is 8.18. The molecule has 1 aliphatic heterocycles. The summed E-state index contributed by atoms with van der Waals surface area (Å²) >= 11 is 0. The van der Waals surface area contributed by atoms with Crippen molar-refractivity contribution in [3.8, 4) is 11.9 Å². The molecule has 3 aliphatic rings. The molecule has 7 nitrogen and oxygen atoms in total. The molecule has 1 unspecified atom stereocenters. The molecule has 3 fully saturated rings. The van der Waals surface area contributed by atoms with Crippen molar-refractivity contribution >= 4 is 16.7 Å². The Morgan fingerprint density at radius 2 is 2.00 bits per heavy atom. The van der Waals surface area contributed by atoms with Gasteiger partial charge >= 0.3 is 0 Å². The SMILES string of the molecule is CC1CN(c2cc(-n3ncc4ccc(C5(C#N)CC6(CC6)C5)cc43)ncn2)CCO1. The lowest BCUT2D eigenvalue weighted by molar-refractivity contribution is 0.0529. The first-order valence-electron chi connectivity index (χ1n) is 10.7. The molecular formula is C23H24N6O. The second-order valence-corrected chi connectivity index (χ2v) is 9.24. The lowest BCUT2D eigenvalue weighted by atomic mass is 9.57. The first-order chi connectivity index (χ1) is 14.6. The molecule has 1 atom stereocenters. The Morgan fingerprint density at radius 3 is 2.77 bits per heavy atom. The molecular weight excluding hydrogens is 376 g/mol. The topological polar surface area (TPSA) is 79.9 Å². The van der Waals surface area contributed by atoms with E-state index in [1.54, 1.807) is 6.33 Å². The van der Waals surface area contributed by atoms with Gasteiger partial charge in [0, 0.05) is 24.5 Å². The summed E-state index contributed by atoms with van der Waals surface area (Å²) in [6, 6.07) is 10.9. The normalized spacial score (nSPS) is 23.9. The molecule has 1 aromatic carbocycles. The molecule has 0 bridgehead atoms. The van der Waals surface area contributed by atoms with Crippen LogP contribution in [0.15, 0.2) is 36.8 Å². The lowest BCUT2D eigenvalue weighted by Gasteiger charge is -2.44. The highest BCUT2D eigenvalue weighted by Crippen LogP contribution is 2.68. The number of rotatable bonds is 3. The van der Waals surface area contributed by atoms with E-state index in [-0.39, 0.29) is 11.5 Å². The van der Waals surface area contributed by atoms with Crippen molar-refractivity contribution < 1.29 is 4.74 Å². The summed E-state index contributed by atoms with van der Waals surface area (Å²) in [5.41, 5.74) is 2.20. The summed E-state index contributed by atoms with van der Waals surface area (Å²) in [4.78, 5) is 11.2. The van der Waals surface area contributed by atoms with Gasteiger partial charge in [-0.3, -0.25) is 0 Å². The summed E-state index contributed by atoms with van der Waals surface area (Å²) < 4.78 is 7.52. The first-order valence-corrected chi connectivity index (χ1v) is 10.7. The highest BCUT2D eigenvalue weighted by Gasteiger charge is 2.61. The number of hydrogen-bond donors (Lipinski definition) is 0. The smallest absolute Gasteiger partial charge is 0.159 e. The monoisotopic (exact) mass is 400 g/mol. The average molecular weight is 400 g/mol. The fourth-order valence-corrected chi connectivity index (χ4v) is 5.26. The van der Waals surface area contributed by atoms with E-state index >= 15 is 0 Å². The summed E-state index contributed by atoms with van der Waals surface area (Å²) in [5, 5.41) is 15.6. The van der Waals surface area contributed by atoms with Crippen LogP contribution in [0.1, 0.15) is 38.2 Å². The molecule has 2 aliphatic carbocycles. The summed E-state index contributed by atoms with van der Waals surface area (Å²) in [5.74, 6) is 1.63. The lowest BCUT2D eigenvalue weighted by Crippen LogP contribution is -2.41. The van der Waals surface area contributed by atoms with Crippen LogP contribution >= 0.6 is 0 Å². The minimum absolute atomic E-state index is 0.185. The zero-order chi connectivity index (χ0) is 20.3. The standard InChI is InChI=1S/C23H24N6O/c1-16-11-28(6-7-30-16)20-9-21(26-15-25-20)29-19-8-18(3-2-17(19)10-27-29)23(14-24)12-22(13-23)4-5-22/h2-3,8-10,15-16H,4-7,11-13H2,1H3. The van der Waals surface area contributed by atoms with E-state index < -0.39 is 0 Å². The van der Waals surface area contributed by atoms with Crippen LogP contribution in [0.4, 0.5) is 5.82 Å². The van der Waals surface area contributed by atoms with Gasteiger partial charge in [0.2, 0.25) is 0 Å². The minimum atomic E-state index is -0.347. The number of benzene rings is 1. The number of nitrogens with zero attached hydrogens (tertiary/aromatic N) is 6. The predicted molar refractivity (Wildman–Crippen MR) is 112 cm³/mol. The van der Waals surface area contributed by atoms with Gasteiger partial charge in [-0.15, -0.1) is 0 Å². The molecule has 30 heavy (non-hydrogen) atoms. The zero-order valence-electron chi connectivity index (χ0n) is 17.1. The molecule has 0 radical (unpaired) electrons. The number of ether oxygens (including phenoxy) is 1. The molecule has 0 N–H and O–H groups in total. The van der Waals surface area contributed by atoms with Crippen LogP contribution in [0.5, 0.6) is 0 Å². The quantitative estimate of drug-likeness (QED) is 0.671. The highest BCUT2D eigenvalue weighted by atomic mass is 16.5. The Hall–Kier alpha value is -2.98. The van der Waals surface area contributed by atoms with Crippen molar-refractivity contribution in [2.24, 2.45) is 5.41 Å². The molecule has 2 saturated carbocycles. The van der Waals surface area contributed by atoms with Crippen LogP contribution in [-0.4, -0.2) is 45.5 Å². The van der Waals surface area contributed by atoms with E-state index in [0.29, 0.717) is 12.0 Å². The summed E-state index contributed by atoms with van der Waals surface area (Å²) in [6.45, 7) is 4.41. The van der Waals surface area contributed by atoms with Gasteiger partial charge < -0.3 is 9.64 Å². The van der Waals surface area contributed by atoms with Gasteiger partial charge in [-0.1, -0.05) is 12.1 Å². The van der Waals surface area contributed by atoms with Crippen molar-refractivity contribution in [1.29, 1.82) is 5.26 Å². The first kappa shape index (κ1) is 17.8. The van der Waals surface area contributed by atoms with Gasteiger partial charge in [0.05, 0.1) is 35.9 Å². The third kappa shape index (κ3) is 2.71. The number of nitriles is 1. The summed E-state index contributed by atoms with van der Waals surface area (Å²) in [7, 11) is 0. The van der Waals surface area contributed by atoms with Crippen molar-refractivity contribution in [3.05, 3.63) is 42.4 Å². The molecule has 7 heteroatoms. The molecule has 0 amide bonds. The van der Waals surface area contributed by atoms with Crippen LogP contribution in [-0.2, 0) is 10.2 Å². The second-order valence-electron chi connectivity index (χ2n) is 9.24. The van der Waals surface area contributed by atoms with E-state index in [4.69, 9.17) is 4.74 Å². The van der Waals surface area contributed by atoms with Gasteiger partial charge in [0.15, 0.2) is 5.82 Å². The maximum atomic E-state index is 9.95. The largest absolute Gasteiger partial charge is 0.375 e. The molecule has 1 spiro atoms. The van der Waals surface area contributed by atoms with E-state index in [0.717, 1.165) is 54.0 Å². The van der Waals surface area contributed by atoms with Gasteiger partial charge in [0.1, 0.15) is 12.1 Å². The van der Waals surface area contributed by atoms with Crippen LogP contribution in [0.3, 0.4) is 0 Å². The van der Waals surface area contributed by atoms with Gasteiger partial charge in [-0.05, 0) is 49.7 Å². The Labute approximate surface area is 175 Å². The minimum Gasteiger partial charge on any atom is -0.375 e. The van der Waals surface area contributed by atoms with Crippen molar-refractivity contribution in [2.75, 3.05) is 24.6 Å². The van der Waals surface area contributed by atoms with Gasteiger partial charge in [-0.2, -0.15) is 10.4 Å². The maximum Gasteiger partial charge on any atom is 0.159 e. The maximum absolute atomic E-state index is 9.95. The Kier molecular flexibility index (Phi) is 3.72. The molecule has 1 saturated heterocycles. The fraction of sp³-hybridized carbons (Fsp3) is 0.478. The molecule has 6 rings (SSSR count). The Balaban J connectivity index is 1.37. The van der Waals surface area contributed by atoms with Gasteiger partial charge in [0.25, 0.3) is 0 Å². The van der Waals surface area contributed by atoms with E-state index in [1.165, 1.54) is 12.8 Å². The molecule has 3 heterocycles. The number of hydrogen-bond acceptors (Lipinski definition) is 6. The molecule has 3 aromatic rings. The van der Waals surface area contributed by atoms with Crippen LogP contribution in [0, 0.1) is 16.7 Å². The third-order valence-electron chi connectivity index (χ3n) is 7.07. The van der Waals surface area contributed by atoms with Crippen molar-refractivity contribution in [3.63, 3.8) is 0 Å². The third-order valence-corrected chi connectivity index (χ3v) is 7.07. The predicted octanol–water partition coefficient (Wildman–Crippen LogP) is 3.38. The van der Waals surface area contributed by atoms with Gasteiger partial charge in [-0.25, -0.2) is 14.6 Å². The number of aromatic nitrogens is 4. The van der Waals surface area contributed by atoms with Crippen LogP contribution in [0.25, 0.3) is 16.7 Å². The molecule has 2 aromatic heterocycles. The Morgan fingerprint density at radius 1 is 1.17 bits per heavy atom.